The van der Waals surface area contributed by atoms with E-state index in [0.717, 1.165) is 18.4 Å². The summed E-state index contributed by atoms with van der Waals surface area (Å²) in [6, 6.07) is 8.36. The second-order valence-electron chi connectivity index (χ2n) is 6.83. The van der Waals surface area contributed by atoms with Crippen molar-refractivity contribution in [2.45, 2.75) is 18.9 Å². The lowest BCUT2D eigenvalue weighted by Gasteiger charge is -2.35. The number of hydrogen-bond acceptors (Lipinski definition) is 5. The first-order chi connectivity index (χ1) is 13.1. The molecule has 8 heteroatoms. The average Bonchev–Trinajstić information content (AvgIpc) is 3.40. The summed E-state index contributed by atoms with van der Waals surface area (Å²) in [6.45, 7) is 2.67. The Morgan fingerprint density at radius 3 is 2.48 bits per heavy atom. The molecular formula is C19H22N4O4. The number of nitrogens with one attached hydrogen (secondary N) is 1. The molecule has 2 aromatic rings. The maximum Gasteiger partial charge on any atom is 0.272 e. The van der Waals surface area contributed by atoms with Crippen molar-refractivity contribution in [1.29, 1.82) is 0 Å². The van der Waals surface area contributed by atoms with E-state index < -0.39 is 0 Å². The molecule has 2 amide bonds. The number of aromatic amines is 1. The van der Waals surface area contributed by atoms with Gasteiger partial charge in [0, 0.05) is 38.3 Å². The molecule has 0 unspecified atom stereocenters. The maximum absolute atomic E-state index is 12.7. The lowest BCUT2D eigenvalue weighted by molar-refractivity contribution is -0.142. The van der Waals surface area contributed by atoms with E-state index in [1.54, 1.807) is 40.1 Å². The van der Waals surface area contributed by atoms with Crippen LogP contribution in [0.25, 0.3) is 11.3 Å². The van der Waals surface area contributed by atoms with Crippen molar-refractivity contribution in [3.8, 4) is 17.0 Å². The predicted molar refractivity (Wildman–Crippen MR) is 97.1 cm³/mol. The lowest BCUT2D eigenvalue weighted by Crippen LogP contribution is -2.52. The summed E-state index contributed by atoms with van der Waals surface area (Å²) in [7, 11) is 0. The smallest absolute Gasteiger partial charge is 0.272 e. The Morgan fingerprint density at radius 1 is 1.11 bits per heavy atom. The normalized spacial score (nSPS) is 20.1. The van der Waals surface area contributed by atoms with Crippen molar-refractivity contribution >= 4 is 11.8 Å². The first kappa shape index (κ1) is 17.5. The number of phenolic OH excluding ortho intramolecular Hbond substituents is 1. The van der Waals surface area contributed by atoms with Crippen molar-refractivity contribution in [3.63, 3.8) is 0 Å². The van der Waals surface area contributed by atoms with Crippen LogP contribution in [0, 0.1) is 0 Å². The van der Waals surface area contributed by atoms with Crippen LogP contribution >= 0.6 is 0 Å². The third kappa shape index (κ3) is 3.66. The van der Waals surface area contributed by atoms with Crippen molar-refractivity contribution < 1.29 is 19.4 Å². The Morgan fingerprint density at radius 2 is 1.81 bits per heavy atom. The van der Waals surface area contributed by atoms with E-state index >= 15 is 0 Å². The highest BCUT2D eigenvalue weighted by atomic mass is 16.5. The van der Waals surface area contributed by atoms with Gasteiger partial charge in [0.1, 0.15) is 17.5 Å². The number of carbonyl (C=O) groups is 2. The highest BCUT2D eigenvalue weighted by molar-refractivity contribution is 5.93. The van der Waals surface area contributed by atoms with Crippen LogP contribution in [0.2, 0.25) is 0 Å². The highest BCUT2D eigenvalue weighted by Crippen LogP contribution is 2.21. The molecule has 2 saturated heterocycles. The Hall–Kier alpha value is -2.87. The molecule has 8 nitrogen and oxygen atoms in total. The predicted octanol–water partition coefficient (Wildman–Crippen LogP) is 1.25. The third-order valence-electron chi connectivity index (χ3n) is 5.06. The minimum Gasteiger partial charge on any atom is -0.508 e. The third-order valence-corrected chi connectivity index (χ3v) is 5.06. The number of H-pyrrole nitrogens is 1. The van der Waals surface area contributed by atoms with Crippen LogP contribution in [0.15, 0.2) is 30.3 Å². The van der Waals surface area contributed by atoms with Gasteiger partial charge >= 0.3 is 0 Å². The number of aromatic nitrogens is 2. The molecule has 4 rings (SSSR count). The molecule has 3 heterocycles. The molecule has 0 spiro atoms. The molecule has 1 aromatic carbocycles. The summed E-state index contributed by atoms with van der Waals surface area (Å²) in [5.74, 6) is 0.0912. The topological polar surface area (TPSA) is 98.8 Å². The fourth-order valence-electron chi connectivity index (χ4n) is 3.49. The number of nitrogens with zero attached hydrogens (tertiary/aromatic N) is 3. The molecule has 1 atom stereocenters. The maximum atomic E-state index is 12.7. The minimum atomic E-state index is -0.312. The van der Waals surface area contributed by atoms with Gasteiger partial charge in [-0.25, -0.2) is 0 Å². The van der Waals surface area contributed by atoms with Crippen molar-refractivity contribution in [2.75, 3.05) is 32.8 Å². The molecule has 2 N–H and O–H groups in total. The van der Waals surface area contributed by atoms with Crippen LogP contribution < -0.4 is 0 Å². The number of amides is 2. The zero-order chi connectivity index (χ0) is 18.8. The summed E-state index contributed by atoms with van der Waals surface area (Å²) in [4.78, 5) is 28.6. The number of rotatable bonds is 3. The van der Waals surface area contributed by atoms with Crippen LogP contribution in [0.4, 0.5) is 0 Å². The molecule has 0 saturated carbocycles. The minimum absolute atomic E-state index is 0.0377. The summed E-state index contributed by atoms with van der Waals surface area (Å²) >= 11 is 0. The zero-order valence-corrected chi connectivity index (χ0v) is 14.9. The van der Waals surface area contributed by atoms with Gasteiger partial charge in [0.25, 0.3) is 11.8 Å². The number of aromatic hydroxyl groups is 1. The molecule has 0 aliphatic carbocycles. The molecule has 27 heavy (non-hydrogen) atoms. The Bertz CT molecular complexity index is 818. The molecule has 2 aliphatic rings. The number of carbonyl (C=O) groups excluding carboxylic acids is 2. The lowest BCUT2D eigenvalue weighted by atomic mass is 10.1. The summed E-state index contributed by atoms with van der Waals surface area (Å²) < 4.78 is 5.46. The first-order valence-corrected chi connectivity index (χ1v) is 9.16. The Labute approximate surface area is 156 Å². The van der Waals surface area contributed by atoms with Gasteiger partial charge in [-0.1, -0.05) is 0 Å². The number of ether oxygens (including phenoxy) is 1. The average molecular weight is 370 g/mol. The highest BCUT2D eigenvalue weighted by Gasteiger charge is 2.31. The van der Waals surface area contributed by atoms with E-state index in [9.17, 15) is 14.7 Å². The fraction of sp³-hybridized carbons (Fsp3) is 0.421. The van der Waals surface area contributed by atoms with Crippen molar-refractivity contribution in [2.24, 2.45) is 0 Å². The van der Waals surface area contributed by atoms with E-state index in [0.29, 0.717) is 44.2 Å². The zero-order valence-electron chi connectivity index (χ0n) is 14.9. The Kier molecular flexibility index (Phi) is 4.81. The molecule has 1 aromatic heterocycles. The second kappa shape index (κ2) is 7.40. The first-order valence-electron chi connectivity index (χ1n) is 9.16. The van der Waals surface area contributed by atoms with Gasteiger partial charge in [0.15, 0.2) is 0 Å². The molecule has 2 fully saturated rings. The van der Waals surface area contributed by atoms with Gasteiger partial charge in [-0.3, -0.25) is 14.7 Å². The van der Waals surface area contributed by atoms with Crippen molar-refractivity contribution in [3.05, 3.63) is 36.0 Å². The van der Waals surface area contributed by atoms with E-state index in [-0.39, 0.29) is 23.7 Å². The van der Waals surface area contributed by atoms with Gasteiger partial charge in [0.2, 0.25) is 0 Å². The molecule has 0 bridgehead atoms. The van der Waals surface area contributed by atoms with Crippen LogP contribution in [0.1, 0.15) is 23.3 Å². The largest absolute Gasteiger partial charge is 0.508 e. The quantitative estimate of drug-likeness (QED) is 0.847. The van der Waals surface area contributed by atoms with E-state index in [2.05, 4.69) is 10.2 Å². The van der Waals surface area contributed by atoms with E-state index in [1.807, 2.05) is 0 Å². The Balaban J connectivity index is 1.37. The summed E-state index contributed by atoms with van der Waals surface area (Å²) in [5.41, 5.74) is 1.87. The SMILES string of the molecule is O=C(c1cc(-c2ccc(O)cc2)n[nH]1)N1CCN(C(=O)[C@H]2CCCO2)CC1. The molecule has 0 radical (unpaired) electrons. The molecular weight excluding hydrogens is 348 g/mol. The van der Waals surface area contributed by atoms with Crippen LogP contribution in [0.5, 0.6) is 5.75 Å². The fourth-order valence-corrected chi connectivity index (χ4v) is 3.49. The van der Waals surface area contributed by atoms with Crippen LogP contribution in [0.3, 0.4) is 0 Å². The number of phenols is 1. The van der Waals surface area contributed by atoms with E-state index in [4.69, 9.17) is 4.74 Å². The van der Waals surface area contributed by atoms with Gasteiger partial charge in [-0.2, -0.15) is 5.10 Å². The molecule has 142 valence electrons. The van der Waals surface area contributed by atoms with Gasteiger partial charge in [0.05, 0.1) is 5.69 Å². The summed E-state index contributed by atoms with van der Waals surface area (Å²) in [6.07, 6.45) is 1.40. The van der Waals surface area contributed by atoms with E-state index in [1.165, 1.54) is 0 Å². The monoisotopic (exact) mass is 370 g/mol. The second-order valence-corrected chi connectivity index (χ2v) is 6.83. The molecule has 2 aliphatic heterocycles. The number of piperazine rings is 1. The van der Waals surface area contributed by atoms with Crippen LogP contribution in [-0.2, 0) is 9.53 Å². The summed E-state index contributed by atoms with van der Waals surface area (Å²) in [5, 5.41) is 16.4. The van der Waals surface area contributed by atoms with Gasteiger partial charge in [-0.15, -0.1) is 0 Å². The number of hydrogen-bond donors (Lipinski definition) is 2. The van der Waals surface area contributed by atoms with Gasteiger partial charge < -0.3 is 19.6 Å². The van der Waals surface area contributed by atoms with Gasteiger partial charge in [-0.05, 0) is 43.2 Å². The van der Waals surface area contributed by atoms with Crippen LogP contribution in [-0.4, -0.2) is 75.8 Å². The number of benzene rings is 1. The standard InChI is InChI=1S/C19H22N4O4/c24-14-5-3-13(4-6-14)15-12-16(21-20-15)18(25)22-7-9-23(10-8-22)19(26)17-2-1-11-27-17/h3-6,12,17,24H,1-2,7-11H2,(H,20,21)/t17-/m1/s1. The van der Waals surface area contributed by atoms with Crippen molar-refractivity contribution in [1.82, 2.24) is 20.0 Å².